The number of hydrogen-bond donors (Lipinski definition) is 1. The van der Waals surface area contributed by atoms with E-state index in [1.807, 2.05) is 13.0 Å². The normalized spacial score (nSPS) is 10.8. The fraction of sp³-hybridized carbons (Fsp3) is 0.733. The molecule has 0 spiro atoms. The molecule has 0 aromatic carbocycles. The Morgan fingerprint density at radius 3 is 2.60 bits per heavy atom. The molecule has 0 amide bonds. The van der Waals surface area contributed by atoms with E-state index < -0.39 is 0 Å². The Hall–Kier alpha value is -1.36. The molecule has 5 nitrogen and oxygen atoms in total. The van der Waals surface area contributed by atoms with E-state index in [0.29, 0.717) is 19.1 Å². The summed E-state index contributed by atoms with van der Waals surface area (Å²) in [5, 5.41) is 3.20. The van der Waals surface area contributed by atoms with Crippen molar-refractivity contribution in [1.29, 1.82) is 0 Å². The molecule has 5 heteroatoms. The van der Waals surface area contributed by atoms with Crippen molar-refractivity contribution in [2.45, 2.75) is 46.5 Å². The van der Waals surface area contributed by atoms with E-state index in [2.05, 4.69) is 36.1 Å². The highest BCUT2D eigenvalue weighted by molar-refractivity contribution is 5.38. The molecule has 0 bridgehead atoms. The van der Waals surface area contributed by atoms with Gasteiger partial charge in [0.15, 0.2) is 0 Å². The molecule has 0 saturated heterocycles. The number of unbranched alkanes of at least 4 members (excludes halogenated alkanes) is 1. The molecular formula is C15H27N3O2. The Kier molecular flexibility index (Phi) is 7.95. The second-order valence-corrected chi connectivity index (χ2v) is 4.95. The van der Waals surface area contributed by atoms with Gasteiger partial charge in [0.25, 0.3) is 0 Å². The highest BCUT2D eigenvalue weighted by atomic mass is 16.5. The SMILES string of the molecule is CCCCOCCOc1cc(NCC)nc(C(C)C)n1. The molecule has 1 rings (SSSR count). The van der Waals surface area contributed by atoms with Gasteiger partial charge in [-0.05, 0) is 13.3 Å². The average Bonchev–Trinajstić information content (AvgIpc) is 2.43. The summed E-state index contributed by atoms with van der Waals surface area (Å²) in [5.41, 5.74) is 0. The third kappa shape index (κ3) is 6.19. The summed E-state index contributed by atoms with van der Waals surface area (Å²) < 4.78 is 11.1. The summed E-state index contributed by atoms with van der Waals surface area (Å²) in [6, 6.07) is 1.83. The molecule has 0 radical (unpaired) electrons. The van der Waals surface area contributed by atoms with E-state index in [9.17, 15) is 0 Å². The molecule has 0 aliphatic rings. The average molecular weight is 281 g/mol. The molecule has 1 aromatic rings. The van der Waals surface area contributed by atoms with Gasteiger partial charge in [0.2, 0.25) is 5.88 Å². The third-order valence-corrected chi connectivity index (χ3v) is 2.71. The second-order valence-electron chi connectivity index (χ2n) is 4.95. The zero-order chi connectivity index (χ0) is 14.8. The molecule has 0 saturated carbocycles. The number of rotatable bonds is 10. The van der Waals surface area contributed by atoms with Crippen molar-refractivity contribution < 1.29 is 9.47 Å². The van der Waals surface area contributed by atoms with E-state index in [1.54, 1.807) is 0 Å². The number of aromatic nitrogens is 2. The minimum absolute atomic E-state index is 0.275. The lowest BCUT2D eigenvalue weighted by Crippen LogP contribution is -2.11. The standard InChI is InChI=1S/C15H27N3O2/c1-5-7-8-19-9-10-20-14-11-13(16-6-2)17-15(18-14)12(3)4/h11-12H,5-10H2,1-4H3,(H,16,17,18). The maximum absolute atomic E-state index is 5.65. The van der Waals surface area contributed by atoms with Crippen molar-refractivity contribution in [3.63, 3.8) is 0 Å². The zero-order valence-corrected chi connectivity index (χ0v) is 13.1. The van der Waals surface area contributed by atoms with E-state index >= 15 is 0 Å². The first-order valence-corrected chi connectivity index (χ1v) is 7.50. The van der Waals surface area contributed by atoms with Gasteiger partial charge in [-0.2, -0.15) is 4.98 Å². The van der Waals surface area contributed by atoms with Crippen LogP contribution in [0.1, 0.15) is 52.3 Å². The fourth-order valence-electron chi connectivity index (χ4n) is 1.60. The minimum atomic E-state index is 0.275. The van der Waals surface area contributed by atoms with E-state index in [1.165, 1.54) is 0 Å². The maximum Gasteiger partial charge on any atom is 0.218 e. The largest absolute Gasteiger partial charge is 0.475 e. The smallest absolute Gasteiger partial charge is 0.218 e. The third-order valence-electron chi connectivity index (χ3n) is 2.71. The van der Waals surface area contributed by atoms with Crippen LogP contribution in [0.15, 0.2) is 6.07 Å². The van der Waals surface area contributed by atoms with Crippen molar-refractivity contribution in [1.82, 2.24) is 9.97 Å². The van der Waals surface area contributed by atoms with Gasteiger partial charge >= 0.3 is 0 Å². The number of hydrogen-bond acceptors (Lipinski definition) is 5. The van der Waals surface area contributed by atoms with Crippen LogP contribution in [0, 0.1) is 0 Å². The van der Waals surface area contributed by atoms with E-state index in [-0.39, 0.29) is 5.92 Å². The highest BCUT2D eigenvalue weighted by Gasteiger charge is 2.08. The molecule has 0 unspecified atom stereocenters. The summed E-state index contributed by atoms with van der Waals surface area (Å²) >= 11 is 0. The van der Waals surface area contributed by atoms with Crippen LogP contribution in [0.4, 0.5) is 5.82 Å². The molecule has 114 valence electrons. The number of nitrogens with zero attached hydrogens (tertiary/aromatic N) is 2. The van der Waals surface area contributed by atoms with Gasteiger partial charge in [-0.1, -0.05) is 27.2 Å². The summed E-state index contributed by atoms with van der Waals surface area (Å²) in [6.07, 6.45) is 2.24. The van der Waals surface area contributed by atoms with Crippen molar-refractivity contribution in [2.75, 3.05) is 31.7 Å². The van der Waals surface area contributed by atoms with Gasteiger partial charge in [0.1, 0.15) is 18.2 Å². The predicted octanol–water partition coefficient (Wildman–Crippen LogP) is 3.23. The quantitative estimate of drug-likeness (QED) is 0.667. The molecule has 20 heavy (non-hydrogen) atoms. The van der Waals surface area contributed by atoms with Gasteiger partial charge in [0.05, 0.1) is 6.61 Å². The van der Waals surface area contributed by atoms with Crippen molar-refractivity contribution >= 4 is 5.82 Å². The van der Waals surface area contributed by atoms with Crippen LogP contribution in [0.5, 0.6) is 5.88 Å². The lowest BCUT2D eigenvalue weighted by molar-refractivity contribution is 0.0964. The lowest BCUT2D eigenvalue weighted by Gasteiger charge is -2.11. The Balaban J connectivity index is 2.50. The van der Waals surface area contributed by atoms with Gasteiger partial charge in [-0.3, -0.25) is 0 Å². The van der Waals surface area contributed by atoms with Crippen LogP contribution < -0.4 is 10.1 Å². The van der Waals surface area contributed by atoms with Gasteiger partial charge in [0, 0.05) is 25.1 Å². The van der Waals surface area contributed by atoms with Crippen molar-refractivity contribution in [3.05, 3.63) is 11.9 Å². The Labute approximate surface area is 122 Å². The van der Waals surface area contributed by atoms with Crippen LogP contribution in [-0.2, 0) is 4.74 Å². The van der Waals surface area contributed by atoms with Gasteiger partial charge < -0.3 is 14.8 Å². The summed E-state index contributed by atoms with van der Waals surface area (Å²) in [4.78, 5) is 8.88. The Bertz CT molecular complexity index is 383. The van der Waals surface area contributed by atoms with Crippen LogP contribution >= 0.6 is 0 Å². The molecule has 0 fully saturated rings. The maximum atomic E-state index is 5.65. The molecule has 1 heterocycles. The first kappa shape index (κ1) is 16.7. The van der Waals surface area contributed by atoms with Crippen LogP contribution in [0.25, 0.3) is 0 Å². The number of ether oxygens (including phenoxy) is 2. The topological polar surface area (TPSA) is 56.3 Å². The van der Waals surface area contributed by atoms with Crippen molar-refractivity contribution in [2.24, 2.45) is 0 Å². The molecule has 1 N–H and O–H groups in total. The fourth-order valence-corrected chi connectivity index (χ4v) is 1.60. The number of anilines is 1. The summed E-state index contributed by atoms with van der Waals surface area (Å²) in [5.74, 6) is 2.49. The van der Waals surface area contributed by atoms with Gasteiger partial charge in [-0.15, -0.1) is 0 Å². The van der Waals surface area contributed by atoms with Crippen LogP contribution in [-0.4, -0.2) is 36.3 Å². The zero-order valence-electron chi connectivity index (χ0n) is 13.1. The monoisotopic (exact) mass is 281 g/mol. The number of nitrogens with one attached hydrogen (secondary N) is 1. The first-order chi connectivity index (χ1) is 9.67. The first-order valence-electron chi connectivity index (χ1n) is 7.50. The van der Waals surface area contributed by atoms with E-state index in [0.717, 1.165) is 37.6 Å². The molecule has 0 aliphatic heterocycles. The second kappa shape index (κ2) is 9.53. The predicted molar refractivity (Wildman–Crippen MR) is 81.5 cm³/mol. The molecule has 1 aromatic heterocycles. The Morgan fingerprint density at radius 2 is 1.95 bits per heavy atom. The highest BCUT2D eigenvalue weighted by Crippen LogP contribution is 2.18. The van der Waals surface area contributed by atoms with Crippen molar-refractivity contribution in [3.8, 4) is 5.88 Å². The summed E-state index contributed by atoms with van der Waals surface area (Å²) in [7, 11) is 0. The van der Waals surface area contributed by atoms with Crippen LogP contribution in [0.3, 0.4) is 0 Å². The molecular weight excluding hydrogens is 254 g/mol. The van der Waals surface area contributed by atoms with Crippen LogP contribution in [0.2, 0.25) is 0 Å². The van der Waals surface area contributed by atoms with E-state index in [4.69, 9.17) is 9.47 Å². The molecule has 0 atom stereocenters. The lowest BCUT2D eigenvalue weighted by atomic mass is 10.2. The Morgan fingerprint density at radius 1 is 1.15 bits per heavy atom. The minimum Gasteiger partial charge on any atom is -0.475 e. The summed E-state index contributed by atoms with van der Waals surface area (Å²) in [6.45, 7) is 11.1. The molecule has 0 aliphatic carbocycles. The van der Waals surface area contributed by atoms with Gasteiger partial charge in [-0.25, -0.2) is 4.98 Å².